The first-order valence-corrected chi connectivity index (χ1v) is 9.66. The molecule has 1 aromatic heterocycles. The first-order valence-electron chi connectivity index (χ1n) is 9.28. The molecular formula is C21H19ClN4O5. The molecule has 0 saturated carbocycles. The van der Waals surface area contributed by atoms with E-state index in [0.717, 1.165) is 17.5 Å². The zero-order chi connectivity index (χ0) is 22.5. The van der Waals surface area contributed by atoms with Gasteiger partial charge in [-0.3, -0.25) is 10.1 Å². The molecule has 9 nitrogen and oxygen atoms in total. The molecule has 0 atom stereocenters. The molecule has 3 aromatic rings. The third kappa shape index (κ3) is 5.07. The van der Waals surface area contributed by atoms with Crippen LogP contribution >= 0.6 is 11.6 Å². The highest BCUT2D eigenvalue weighted by molar-refractivity contribution is 6.32. The minimum atomic E-state index is -0.636. The Morgan fingerprint density at radius 2 is 1.90 bits per heavy atom. The monoisotopic (exact) mass is 442 g/mol. The number of carbonyl (C=O) groups is 1. The zero-order valence-corrected chi connectivity index (χ0v) is 17.8. The van der Waals surface area contributed by atoms with Crippen molar-refractivity contribution in [1.29, 1.82) is 0 Å². The maximum absolute atomic E-state index is 11.9. The minimum absolute atomic E-state index is 0.0848. The van der Waals surface area contributed by atoms with Gasteiger partial charge in [0, 0.05) is 10.7 Å². The Labute approximate surface area is 183 Å². The number of ether oxygens (including phenoxy) is 2. The van der Waals surface area contributed by atoms with Crippen molar-refractivity contribution < 1.29 is 19.2 Å². The summed E-state index contributed by atoms with van der Waals surface area (Å²) in [6.07, 6.45) is 1.15. The van der Waals surface area contributed by atoms with Gasteiger partial charge in [-0.1, -0.05) is 17.7 Å². The largest absolute Gasteiger partial charge is 0.462 e. The number of anilines is 2. The number of aromatic nitrogens is 2. The Bertz CT molecular complexity index is 1130. The van der Waals surface area contributed by atoms with Gasteiger partial charge in [0.05, 0.1) is 17.1 Å². The molecule has 0 amide bonds. The standard InChI is InChI=1S/C21H19ClN4O5/c1-4-30-21(27)14-6-5-7-15(10-14)25-19-18(26(28)29)20(24-11-23-19)31-16-8-12(2)17(22)13(3)9-16/h5-11H,4H2,1-3H3,(H,23,24,25). The number of nitrogens with zero attached hydrogens (tertiary/aromatic N) is 3. The average molecular weight is 443 g/mol. The van der Waals surface area contributed by atoms with Crippen molar-refractivity contribution in [3.63, 3.8) is 0 Å². The van der Waals surface area contributed by atoms with Gasteiger partial charge >= 0.3 is 17.5 Å². The van der Waals surface area contributed by atoms with Gasteiger partial charge in [-0.15, -0.1) is 0 Å². The molecule has 0 bridgehead atoms. The van der Waals surface area contributed by atoms with Gasteiger partial charge in [-0.25, -0.2) is 9.78 Å². The fourth-order valence-electron chi connectivity index (χ4n) is 2.85. The Morgan fingerprint density at radius 3 is 2.55 bits per heavy atom. The Balaban J connectivity index is 1.95. The van der Waals surface area contributed by atoms with Crippen LogP contribution in [0.15, 0.2) is 42.7 Å². The Morgan fingerprint density at radius 1 is 1.19 bits per heavy atom. The molecule has 0 radical (unpaired) electrons. The molecule has 1 heterocycles. The summed E-state index contributed by atoms with van der Waals surface area (Å²) < 4.78 is 10.7. The fourth-order valence-corrected chi connectivity index (χ4v) is 2.95. The summed E-state index contributed by atoms with van der Waals surface area (Å²) in [6.45, 7) is 5.55. The van der Waals surface area contributed by atoms with Crippen LogP contribution in [0.25, 0.3) is 0 Å². The molecule has 1 N–H and O–H groups in total. The summed E-state index contributed by atoms with van der Waals surface area (Å²) >= 11 is 6.17. The lowest BCUT2D eigenvalue weighted by atomic mass is 10.1. The van der Waals surface area contributed by atoms with E-state index in [2.05, 4.69) is 15.3 Å². The van der Waals surface area contributed by atoms with Crippen LogP contribution in [0.3, 0.4) is 0 Å². The molecule has 0 unspecified atom stereocenters. The molecule has 31 heavy (non-hydrogen) atoms. The van der Waals surface area contributed by atoms with E-state index in [1.807, 2.05) is 0 Å². The average Bonchev–Trinajstić information content (AvgIpc) is 2.72. The number of benzene rings is 2. The number of nitro groups is 1. The predicted octanol–water partition coefficient (Wildman–Crippen LogP) is 5.37. The van der Waals surface area contributed by atoms with E-state index < -0.39 is 16.6 Å². The number of aryl methyl sites for hydroxylation is 2. The number of hydrogen-bond acceptors (Lipinski definition) is 8. The third-order valence-corrected chi connectivity index (χ3v) is 4.83. The van der Waals surface area contributed by atoms with E-state index in [0.29, 0.717) is 22.0 Å². The van der Waals surface area contributed by atoms with E-state index >= 15 is 0 Å². The van der Waals surface area contributed by atoms with Crippen LogP contribution in [-0.4, -0.2) is 27.5 Å². The normalized spacial score (nSPS) is 10.5. The zero-order valence-electron chi connectivity index (χ0n) is 17.0. The quantitative estimate of drug-likeness (QED) is 0.295. The van der Waals surface area contributed by atoms with Crippen LogP contribution in [0.4, 0.5) is 17.2 Å². The highest BCUT2D eigenvalue weighted by Gasteiger charge is 2.25. The second kappa shape index (κ2) is 9.40. The van der Waals surface area contributed by atoms with Gasteiger partial charge in [0.25, 0.3) is 0 Å². The smallest absolute Gasteiger partial charge is 0.373 e. The fraction of sp³-hybridized carbons (Fsp3) is 0.190. The summed E-state index contributed by atoms with van der Waals surface area (Å²) in [4.78, 5) is 31.0. The summed E-state index contributed by atoms with van der Waals surface area (Å²) in [5.41, 5.74) is 1.79. The topological polar surface area (TPSA) is 116 Å². The van der Waals surface area contributed by atoms with Gasteiger partial charge in [-0.2, -0.15) is 4.98 Å². The lowest BCUT2D eigenvalue weighted by Crippen LogP contribution is -2.06. The van der Waals surface area contributed by atoms with Gasteiger partial charge in [0.1, 0.15) is 12.1 Å². The van der Waals surface area contributed by atoms with Crippen LogP contribution < -0.4 is 10.1 Å². The van der Waals surface area contributed by atoms with Crippen molar-refractivity contribution in [3.8, 4) is 11.6 Å². The second-order valence-electron chi connectivity index (χ2n) is 6.53. The Hall–Kier alpha value is -3.72. The molecule has 0 fully saturated rings. The maximum atomic E-state index is 11.9. The van der Waals surface area contributed by atoms with Crippen LogP contribution in [0, 0.1) is 24.0 Å². The first kappa shape index (κ1) is 22.0. The van der Waals surface area contributed by atoms with Crippen molar-refractivity contribution >= 4 is 34.8 Å². The van der Waals surface area contributed by atoms with E-state index in [1.165, 1.54) is 6.07 Å². The molecule has 160 valence electrons. The number of esters is 1. The van der Waals surface area contributed by atoms with Crippen molar-refractivity contribution in [2.45, 2.75) is 20.8 Å². The first-order chi connectivity index (χ1) is 14.8. The number of hydrogen-bond donors (Lipinski definition) is 1. The number of carbonyl (C=O) groups excluding carboxylic acids is 1. The van der Waals surface area contributed by atoms with Crippen LogP contribution in [0.2, 0.25) is 5.02 Å². The van der Waals surface area contributed by atoms with Crippen LogP contribution in [-0.2, 0) is 4.74 Å². The predicted molar refractivity (Wildman–Crippen MR) is 115 cm³/mol. The number of nitrogens with one attached hydrogen (secondary N) is 1. The van der Waals surface area contributed by atoms with Crippen molar-refractivity contribution in [2.75, 3.05) is 11.9 Å². The SMILES string of the molecule is CCOC(=O)c1cccc(Nc2ncnc(Oc3cc(C)c(Cl)c(C)c3)c2[N+](=O)[O-])c1. The highest BCUT2D eigenvalue weighted by Crippen LogP contribution is 2.37. The van der Waals surface area contributed by atoms with Crippen molar-refractivity contribution in [1.82, 2.24) is 9.97 Å². The lowest BCUT2D eigenvalue weighted by Gasteiger charge is -2.11. The van der Waals surface area contributed by atoms with E-state index in [1.54, 1.807) is 51.1 Å². The van der Waals surface area contributed by atoms with Crippen LogP contribution in [0.5, 0.6) is 11.6 Å². The molecular weight excluding hydrogens is 424 g/mol. The lowest BCUT2D eigenvalue weighted by molar-refractivity contribution is -0.385. The molecule has 10 heteroatoms. The minimum Gasteiger partial charge on any atom is -0.462 e. The molecule has 0 aliphatic rings. The van der Waals surface area contributed by atoms with Crippen molar-refractivity contribution in [3.05, 3.63) is 74.6 Å². The van der Waals surface area contributed by atoms with Gasteiger partial charge in [0.2, 0.25) is 5.82 Å². The Kier molecular flexibility index (Phi) is 6.66. The second-order valence-corrected chi connectivity index (χ2v) is 6.91. The summed E-state index contributed by atoms with van der Waals surface area (Å²) in [5.74, 6) is -0.458. The van der Waals surface area contributed by atoms with E-state index in [4.69, 9.17) is 21.1 Å². The highest BCUT2D eigenvalue weighted by atomic mass is 35.5. The van der Waals surface area contributed by atoms with Gasteiger partial charge < -0.3 is 14.8 Å². The maximum Gasteiger partial charge on any atom is 0.373 e. The number of rotatable bonds is 7. The number of halogens is 1. The van der Waals surface area contributed by atoms with Gasteiger partial charge in [0.15, 0.2) is 0 Å². The molecule has 0 aliphatic heterocycles. The molecule has 2 aromatic carbocycles. The molecule has 3 rings (SSSR count). The third-order valence-electron chi connectivity index (χ3n) is 4.23. The molecule has 0 spiro atoms. The summed E-state index contributed by atoms with van der Waals surface area (Å²) in [5, 5.41) is 15.2. The summed E-state index contributed by atoms with van der Waals surface area (Å²) in [6, 6.07) is 9.68. The summed E-state index contributed by atoms with van der Waals surface area (Å²) in [7, 11) is 0. The van der Waals surface area contributed by atoms with E-state index in [9.17, 15) is 14.9 Å². The van der Waals surface area contributed by atoms with Crippen molar-refractivity contribution in [2.24, 2.45) is 0 Å². The van der Waals surface area contributed by atoms with E-state index in [-0.39, 0.29) is 18.3 Å². The van der Waals surface area contributed by atoms with Gasteiger partial charge in [-0.05, 0) is 62.2 Å². The van der Waals surface area contributed by atoms with Crippen LogP contribution in [0.1, 0.15) is 28.4 Å². The molecule has 0 aliphatic carbocycles. The molecule has 0 saturated heterocycles.